The number of rotatable bonds is 3. The third-order valence-corrected chi connectivity index (χ3v) is 4.09. The summed E-state index contributed by atoms with van der Waals surface area (Å²) in [5.74, 6) is 0.104. The molecule has 0 aliphatic carbocycles. The van der Waals surface area contributed by atoms with Crippen LogP contribution in [0.25, 0.3) is 0 Å². The van der Waals surface area contributed by atoms with E-state index in [9.17, 15) is 4.79 Å². The molecule has 1 amide bonds. The molecule has 2 rings (SSSR count). The molecule has 1 unspecified atom stereocenters. The first-order valence-electron chi connectivity index (χ1n) is 7.37. The highest BCUT2D eigenvalue weighted by atomic mass is 16.2. The number of likely N-dealkylation sites (N-methyl/N-ethyl adjacent to an activating group) is 1. The molecule has 1 atom stereocenters. The summed E-state index contributed by atoms with van der Waals surface area (Å²) in [6, 6.07) is 0.488. The number of nitrogens with zero attached hydrogens (tertiary/aromatic N) is 4. The molecule has 1 aromatic rings. The predicted octanol–water partition coefficient (Wildman–Crippen LogP) is 1.80. The SMILES string of the molecule is CCN(C)C1CCN(C(=O)c2cnn(C(C)(C)C)c2)C1. The fourth-order valence-electron chi connectivity index (χ4n) is 2.53. The van der Waals surface area contributed by atoms with Gasteiger partial charge in [0.15, 0.2) is 0 Å². The average Bonchev–Trinajstić information content (AvgIpc) is 3.05. The molecular formula is C15H26N4O. The average molecular weight is 278 g/mol. The molecule has 112 valence electrons. The zero-order valence-electron chi connectivity index (χ0n) is 13.3. The topological polar surface area (TPSA) is 41.4 Å². The van der Waals surface area contributed by atoms with Gasteiger partial charge in [0, 0.05) is 25.3 Å². The quantitative estimate of drug-likeness (QED) is 0.846. The molecule has 20 heavy (non-hydrogen) atoms. The molecule has 5 nitrogen and oxygen atoms in total. The van der Waals surface area contributed by atoms with Crippen LogP contribution in [0.15, 0.2) is 12.4 Å². The van der Waals surface area contributed by atoms with Gasteiger partial charge in [-0.25, -0.2) is 0 Å². The fourth-order valence-corrected chi connectivity index (χ4v) is 2.53. The van der Waals surface area contributed by atoms with Crippen molar-refractivity contribution in [3.63, 3.8) is 0 Å². The summed E-state index contributed by atoms with van der Waals surface area (Å²) in [6.07, 6.45) is 4.60. The maximum Gasteiger partial charge on any atom is 0.257 e. The van der Waals surface area contributed by atoms with Gasteiger partial charge in [-0.1, -0.05) is 6.92 Å². The van der Waals surface area contributed by atoms with Crippen molar-refractivity contribution in [1.82, 2.24) is 19.6 Å². The van der Waals surface area contributed by atoms with Crippen LogP contribution in [-0.2, 0) is 5.54 Å². The van der Waals surface area contributed by atoms with Gasteiger partial charge in [0.05, 0.1) is 17.3 Å². The minimum atomic E-state index is -0.0888. The second-order valence-electron chi connectivity index (χ2n) is 6.61. The Hall–Kier alpha value is -1.36. The van der Waals surface area contributed by atoms with Gasteiger partial charge < -0.3 is 9.80 Å². The molecule has 1 fully saturated rings. The van der Waals surface area contributed by atoms with Crippen molar-refractivity contribution in [2.45, 2.75) is 45.7 Å². The molecule has 0 bridgehead atoms. The molecule has 1 saturated heterocycles. The van der Waals surface area contributed by atoms with Crippen LogP contribution in [0.5, 0.6) is 0 Å². The zero-order valence-corrected chi connectivity index (χ0v) is 13.3. The van der Waals surface area contributed by atoms with E-state index >= 15 is 0 Å². The largest absolute Gasteiger partial charge is 0.337 e. The van der Waals surface area contributed by atoms with Gasteiger partial charge in [0.25, 0.3) is 5.91 Å². The number of aromatic nitrogens is 2. The molecule has 0 spiro atoms. The van der Waals surface area contributed by atoms with E-state index in [0.717, 1.165) is 26.1 Å². The van der Waals surface area contributed by atoms with E-state index in [2.05, 4.69) is 44.7 Å². The third-order valence-electron chi connectivity index (χ3n) is 4.09. The lowest BCUT2D eigenvalue weighted by Crippen LogP contribution is -2.36. The molecule has 0 N–H and O–H groups in total. The van der Waals surface area contributed by atoms with E-state index in [1.165, 1.54) is 0 Å². The first-order valence-corrected chi connectivity index (χ1v) is 7.37. The summed E-state index contributed by atoms with van der Waals surface area (Å²) < 4.78 is 1.85. The Bertz CT molecular complexity index is 474. The monoisotopic (exact) mass is 278 g/mol. The van der Waals surface area contributed by atoms with E-state index in [-0.39, 0.29) is 11.4 Å². The van der Waals surface area contributed by atoms with Crippen LogP contribution in [0.3, 0.4) is 0 Å². The minimum Gasteiger partial charge on any atom is -0.337 e. The van der Waals surface area contributed by atoms with Crippen molar-refractivity contribution in [3.8, 4) is 0 Å². The minimum absolute atomic E-state index is 0.0888. The molecule has 5 heteroatoms. The first-order chi connectivity index (χ1) is 9.32. The molecule has 0 saturated carbocycles. The van der Waals surface area contributed by atoms with E-state index in [0.29, 0.717) is 11.6 Å². The second-order valence-corrected chi connectivity index (χ2v) is 6.61. The molecule has 0 radical (unpaired) electrons. The lowest BCUT2D eigenvalue weighted by molar-refractivity contribution is 0.0781. The Labute approximate surface area is 121 Å². The van der Waals surface area contributed by atoms with Crippen molar-refractivity contribution in [1.29, 1.82) is 0 Å². The molecule has 1 aliphatic heterocycles. The van der Waals surface area contributed by atoms with Crippen LogP contribution < -0.4 is 0 Å². The Morgan fingerprint density at radius 2 is 2.20 bits per heavy atom. The smallest absolute Gasteiger partial charge is 0.257 e. The molecule has 1 aromatic heterocycles. The molecule has 0 aromatic carbocycles. The highest BCUT2D eigenvalue weighted by molar-refractivity contribution is 5.94. The van der Waals surface area contributed by atoms with Crippen LogP contribution in [0.2, 0.25) is 0 Å². The van der Waals surface area contributed by atoms with E-state index in [4.69, 9.17) is 0 Å². The van der Waals surface area contributed by atoms with Crippen LogP contribution in [0, 0.1) is 0 Å². The van der Waals surface area contributed by atoms with Crippen molar-refractivity contribution in [3.05, 3.63) is 18.0 Å². The van der Waals surface area contributed by atoms with Gasteiger partial charge in [0.2, 0.25) is 0 Å². The maximum atomic E-state index is 12.5. The summed E-state index contributed by atoms with van der Waals surface area (Å²) in [7, 11) is 2.12. The fraction of sp³-hybridized carbons (Fsp3) is 0.733. The number of amides is 1. The van der Waals surface area contributed by atoms with Crippen molar-refractivity contribution < 1.29 is 4.79 Å². The van der Waals surface area contributed by atoms with Crippen LogP contribution in [0.1, 0.15) is 44.5 Å². The third kappa shape index (κ3) is 3.03. The van der Waals surface area contributed by atoms with E-state index < -0.39 is 0 Å². The van der Waals surface area contributed by atoms with Gasteiger partial charge in [-0.2, -0.15) is 5.10 Å². The Balaban J connectivity index is 2.04. The number of carbonyl (C=O) groups excluding carboxylic acids is 1. The number of carbonyl (C=O) groups is 1. The van der Waals surface area contributed by atoms with Crippen molar-refractivity contribution >= 4 is 5.91 Å². The molecule has 2 heterocycles. The number of likely N-dealkylation sites (tertiary alicyclic amines) is 1. The van der Waals surface area contributed by atoms with Gasteiger partial charge in [-0.05, 0) is 40.8 Å². The van der Waals surface area contributed by atoms with Crippen molar-refractivity contribution in [2.75, 3.05) is 26.7 Å². The Morgan fingerprint density at radius 3 is 2.75 bits per heavy atom. The van der Waals surface area contributed by atoms with Crippen LogP contribution in [-0.4, -0.2) is 58.2 Å². The Kier molecular flexibility index (Phi) is 4.18. The highest BCUT2D eigenvalue weighted by Crippen LogP contribution is 2.18. The van der Waals surface area contributed by atoms with Crippen LogP contribution in [0.4, 0.5) is 0 Å². The lowest BCUT2D eigenvalue weighted by Gasteiger charge is -2.23. The standard InChI is InChI=1S/C15H26N4O/c1-6-17(5)13-7-8-18(11-13)14(20)12-9-16-19(10-12)15(2,3)4/h9-10,13H,6-8,11H2,1-5H3. The highest BCUT2D eigenvalue weighted by Gasteiger charge is 2.29. The molecular weight excluding hydrogens is 252 g/mol. The number of hydrogen-bond donors (Lipinski definition) is 0. The summed E-state index contributed by atoms with van der Waals surface area (Å²) in [6.45, 7) is 11.1. The maximum absolute atomic E-state index is 12.5. The molecule has 1 aliphatic rings. The summed E-state index contributed by atoms with van der Waals surface area (Å²) >= 11 is 0. The lowest BCUT2D eigenvalue weighted by atomic mass is 10.1. The van der Waals surface area contributed by atoms with E-state index in [1.807, 2.05) is 15.8 Å². The second kappa shape index (κ2) is 5.56. The van der Waals surface area contributed by atoms with Gasteiger partial charge in [-0.3, -0.25) is 9.48 Å². The summed E-state index contributed by atoms with van der Waals surface area (Å²) in [5.41, 5.74) is 0.605. The van der Waals surface area contributed by atoms with Crippen molar-refractivity contribution in [2.24, 2.45) is 0 Å². The van der Waals surface area contributed by atoms with Crippen LogP contribution >= 0.6 is 0 Å². The van der Waals surface area contributed by atoms with E-state index in [1.54, 1.807) is 6.20 Å². The van der Waals surface area contributed by atoms with Gasteiger partial charge in [-0.15, -0.1) is 0 Å². The normalized spacial score (nSPS) is 19.9. The number of hydrogen-bond acceptors (Lipinski definition) is 3. The zero-order chi connectivity index (χ0) is 14.9. The Morgan fingerprint density at radius 1 is 1.50 bits per heavy atom. The van der Waals surface area contributed by atoms with Gasteiger partial charge in [0.1, 0.15) is 0 Å². The van der Waals surface area contributed by atoms with Gasteiger partial charge >= 0.3 is 0 Å². The predicted molar refractivity (Wildman–Crippen MR) is 79.8 cm³/mol. The summed E-state index contributed by atoms with van der Waals surface area (Å²) in [5, 5.41) is 4.31. The summed E-state index contributed by atoms with van der Waals surface area (Å²) in [4.78, 5) is 16.8. The first kappa shape index (κ1) is 15.0.